The Kier molecular flexibility index (Phi) is 4.37. The number of amides is 1. The third kappa shape index (κ3) is 3.70. The van der Waals surface area contributed by atoms with Crippen LogP contribution in [0.15, 0.2) is 24.4 Å². The van der Waals surface area contributed by atoms with Crippen LogP contribution >= 0.6 is 11.6 Å². The fourth-order valence-corrected chi connectivity index (χ4v) is 2.40. The molecule has 0 bridgehead atoms. The van der Waals surface area contributed by atoms with E-state index in [2.05, 4.69) is 10.3 Å². The van der Waals surface area contributed by atoms with Gasteiger partial charge in [0.05, 0.1) is 0 Å². The van der Waals surface area contributed by atoms with Crippen molar-refractivity contribution in [3.63, 3.8) is 0 Å². The van der Waals surface area contributed by atoms with Crippen LogP contribution < -0.4 is 5.32 Å². The van der Waals surface area contributed by atoms with E-state index in [0.29, 0.717) is 17.0 Å². The van der Waals surface area contributed by atoms with Crippen LogP contribution in [-0.2, 0) is 0 Å². The van der Waals surface area contributed by atoms with Gasteiger partial charge in [0.2, 0.25) is 0 Å². The fraction of sp³-hybridized carbons (Fsp3) is 0.538. The lowest BCUT2D eigenvalue weighted by Gasteiger charge is -2.24. The molecule has 0 spiro atoms. The molecule has 0 atom stereocenters. The molecule has 1 aliphatic rings. The predicted molar refractivity (Wildman–Crippen MR) is 68.2 cm³/mol. The molecule has 1 fully saturated rings. The minimum absolute atomic E-state index is 0.0846. The van der Waals surface area contributed by atoms with Gasteiger partial charge in [0.25, 0.3) is 5.91 Å². The van der Waals surface area contributed by atoms with Crippen molar-refractivity contribution in [3.8, 4) is 0 Å². The van der Waals surface area contributed by atoms with Crippen LogP contribution in [0.5, 0.6) is 0 Å². The van der Waals surface area contributed by atoms with Crippen LogP contribution in [0.2, 0.25) is 0 Å². The average Bonchev–Trinajstić information content (AvgIpc) is 2.39. The molecule has 1 saturated carbocycles. The van der Waals surface area contributed by atoms with Gasteiger partial charge < -0.3 is 5.32 Å². The maximum absolute atomic E-state index is 11.8. The first kappa shape index (κ1) is 12.4. The molecule has 1 N–H and O–H groups in total. The van der Waals surface area contributed by atoms with Crippen LogP contribution in [0.4, 0.5) is 0 Å². The summed E-state index contributed by atoms with van der Waals surface area (Å²) in [6.07, 6.45) is 5.97. The summed E-state index contributed by atoms with van der Waals surface area (Å²) in [7, 11) is 0. The van der Waals surface area contributed by atoms with Crippen molar-refractivity contribution in [1.29, 1.82) is 0 Å². The average molecular weight is 253 g/mol. The van der Waals surface area contributed by atoms with Gasteiger partial charge in [-0.25, -0.2) is 0 Å². The number of hydrogen-bond donors (Lipinski definition) is 1. The minimum atomic E-state index is -0.0846. The maximum Gasteiger partial charge on any atom is 0.269 e. The first-order chi connectivity index (χ1) is 8.25. The van der Waals surface area contributed by atoms with Crippen LogP contribution in [0.3, 0.4) is 0 Å². The van der Waals surface area contributed by atoms with E-state index >= 15 is 0 Å². The standard InChI is InChI=1S/C13H17ClN2O/c14-11-6-4-10(5-7-11)9-16-13(17)12-3-1-2-8-15-12/h1-3,8,10-11H,4-7,9H2,(H,16,17). The lowest BCUT2D eigenvalue weighted by Crippen LogP contribution is -2.31. The van der Waals surface area contributed by atoms with Crippen LogP contribution in [0.25, 0.3) is 0 Å². The van der Waals surface area contributed by atoms with Crippen molar-refractivity contribution < 1.29 is 4.79 Å². The number of hydrogen-bond acceptors (Lipinski definition) is 2. The molecule has 0 radical (unpaired) electrons. The zero-order chi connectivity index (χ0) is 12.1. The molecule has 4 heteroatoms. The molecule has 0 aromatic carbocycles. The van der Waals surface area contributed by atoms with Gasteiger partial charge in [-0.3, -0.25) is 9.78 Å². The van der Waals surface area contributed by atoms with Gasteiger partial charge in [-0.05, 0) is 43.7 Å². The van der Waals surface area contributed by atoms with Crippen LogP contribution in [0.1, 0.15) is 36.2 Å². The van der Waals surface area contributed by atoms with Crippen molar-refractivity contribution in [2.45, 2.75) is 31.1 Å². The fourth-order valence-electron chi connectivity index (χ4n) is 2.15. The van der Waals surface area contributed by atoms with Crippen molar-refractivity contribution in [2.24, 2.45) is 5.92 Å². The third-order valence-electron chi connectivity index (χ3n) is 3.23. The quantitative estimate of drug-likeness (QED) is 0.841. The molecule has 1 aromatic rings. The highest BCUT2D eigenvalue weighted by Crippen LogP contribution is 2.26. The van der Waals surface area contributed by atoms with Gasteiger partial charge in [0, 0.05) is 18.1 Å². The van der Waals surface area contributed by atoms with E-state index in [4.69, 9.17) is 11.6 Å². The zero-order valence-electron chi connectivity index (χ0n) is 9.73. The number of carbonyl (C=O) groups is 1. The van der Waals surface area contributed by atoms with E-state index in [9.17, 15) is 4.79 Å². The highest BCUT2D eigenvalue weighted by Gasteiger charge is 2.20. The Balaban J connectivity index is 1.77. The lowest BCUT2D eigenvalue weighted by atomic mass is 9.89. The zero-order valence-corrected chi connectivity index (χ0v) is 10.5. The lowest BCUT2D eigenvalue weighted by molar-refractivity contribution is 0.0939. The summed E-state index contributed by atoms with van der Waals surface area (Å²) in [6, 6.07) is 5.35. The van der Waals surface area contributed by atoms with Gasteiger partial charge in [0.1, 0.15) is 5.69 Å². The van der Waals surface area contributed by atoms with Crippen LogP contribution in [-0.4, -0.2) is 22.8 Å². The minimum Gasteiger partial charge on any atom is -0.350 e. The number of nitrogens with one attached hydrogen (secondary N) is 1. The largest absolute Gasteiger partial charge is 0.350 e. The SMILES string of the molecule is O=C(NCC1CCC(Cl)CC1)c1ccccn1. The van der Waals surface area contributed by atoms with E-state index in [1.165, 1.54) is 0 Å². The summed E-state index contributed by atoms with van der Waals surface area (Å²) in [5, 5.41) is 3.27. The Bertz CT molecular complexity index is 361. The van der Waals surface area contributed by atoms with Gasteiger partial charge in [-0.15, -0.1) is 11.6 Å². The number of aromatic nitrogens is 1. The van der Waals surface area contributed by atoms with E-state index in [1.807, 2.05) is 6.07 Å². The molecular formula is C13H17ClN2O. The van der Waals surface area contributed by atoms with Crippen molar-refractivity contribution in [2.75, 3.05) is 6.54 Å². The first-order valence-corrected chi connectivity index (χ1v) is 6.52. The van der Waals surface area contributed by atoms with Gasteiger partial charge in [-0.2, -0.15) is 0 Å². The van der Waals surface area contributed by atoms with E-state index in [0.717, 1.165) is 32.2 Å². The molecule has 17 heavy (non-hydrogen) atoms. The second-order valence-corrected chi connectivity index (χ2v) is 5.16. The Morgan fingerprint density at radius 3 is 2.76 bits per heavy atom. The van der Waals surface area contributed by atoms with E-state index in [-0.39, 0.29) is 5.91 Å². The van der Waals surface area contributed by atoms with Crippen LogP contribution in [0, 0.1) is 5.92 Å². The summed E-state index contributed by atoms with van der Waals surface area (Å²) in [5.41, 5.74) is 0.485. The molecule has 1 aromatic heterocycles. The molecule has 0 unspecified atom stereocenters. The van der Waals surface area contributed by atoms with Gasteiger partial charge in [-0.1, -0.05) is 6.07 Å². The number of carbonyl (C=O) groups excluding carboxylic acids is 1. The van der Waals surface area contributed by atoms with Gasteiger partial charge >= 0.3 is 0 Å². The first-order valence-electron chi connectivity index (χ1n) is 6.09. The molecule has 0 aliphatic heterocycles. The highest BCUT2D eigenvalue weighted by atomic mass is 35.5. The normalized spacial score (nSPS) is 24.3. The number of rotatable bonds is 3. The highest BCUT2D eigenvalue weighted by molar-refractivity contribution is 6.20. The van der Waals surface area contributed by atoms with E-state index < -0.39 is 0 Å². The third-order valence-corrected chi connectivity index (χ3v) is 3.66. The number of alkyl halides is 1. The Morgan fingerprint density at radius 2 is 2.12 bits per heavy atom. The Hall–Kier alpha value is -1.09. The van der Waals surface area contributed by atoms with Crippen molar-refractivity contribution in [1.82, 2.24) is 10.3 Å². The molecule has 1 amide bonds. The monoisotopic (exact) mass is 252 g/mol. The topological polar surface area (TPSA) is 42.0 Å². The number of nitrogens with zero attached hydrogens (tertiary/aromatic N) is 1. The summed E-state index contributed by atoms with van der Waals surface area (Å²) in [6.45, 7) is 0.735. The molecule has 3 nitrogen and oxygen atoms in total. The molecule has 2 rings (SSSR count). The summed E-state index contributed by atoms with van der Waals surface area (Å²) in [5.74, 6) is 0.483. The van der Waals surface area contributed by atoms with Crippen molar-refractivity contribution >= 4 is 17.5 Å². The second-order valence-electron chi connectivity index (χ2n) is 4.54. The smallest absolute Gasteiger partial charge is 0.269 e. The van der Waals surface area contributed by atoms with Crippen molar-refractivity contribution in [3.05, 3.63) is 30.1 Å². The summed E-state index contributed by atoms with van der Waals surface area (Å²) < 4.78 is 0. The predicted octanol–water partition coefficient (Wildman–Crippen LogP) is 2.61. The molecule has 1 aliphatic carbocycles. The Morgan fingerprint density at radius 1 is 1.35 bits per heavy atom. The summed E-state index contributed by atoms with van der Waals surface area (Å²) in [4.78, 5) is 15.8. The van der Waals surface area contributed by atoms with E-state index in [1.54, 1.807) is 18.3 Å². The molecular weight excluding hydrogens is 236 g/mol. The second kappa shape index (κ2) is 6.01. The molecule has 0 saturated heterocycles. The maximum atomic E-state index is 11.8. The van der Waals surface area contributed by atoms with Gasteiger partial charge in [0.15, 0.2) is 0 Å². The molecule has 1 heterocycles. The molecule has 92 valence electrons. The Labute approximate surface area is 107 Å². The summed E-state index contributed by atoms with van der Waals surface area (Å²) >= 11 is 6.04. The number of pyridine rings is 1. The number of halogens is 1.